The second-order valence-electron chi connectivity index (χ2n) is 19.1. The summed E-state index contributed by atoms with van der Waals surface area (Å²) in [5, 5.41) is 2.38. The Morgan fingerprint density at radius 3 is 2.22 bits per heavy atom. The summed E-state index contributed by atoms with van der Waals surface area (Å²) in [6, 6.07) is 30.1. The predicted molar refractivity (Wildman–Crippen MR) is 242 cm³/mol. The molecule has 6 aromatic rings. The third kappa shape index (κ3) is 7.60. The number of hydrogen-bond acceptors (Lipinski definition) is 4. The van der Waals surface area contributed by atoms with Gasteiger partial charge in [0.15, 0.2) is 0 Å². The van der Waals surface area contributed by atoms with Crippen LogP contribution in [0.15, 0.2) is 71.9 Å². The van der Waals surface area contributed by atoms with Crippen LogP contribution in [-0.4, -0.2) is 28.1 Å². The molecule has 0 aliphatic carbocycles. The van der Waals surface area contributed by atoms with E-state index in [0.29, 0.717) is 41.8 Å². The van der Waals surface area contributed by atoms with Gasteiger partial charge in [0.05, 0.1) is 18.2 Å². The fourth-order valence-electron chi connectivity index (χ4n) is 9.53. The fourth-order valence-corrected chi connectivity index (χ4v) is 9.53. The Kier molecular flexibility index (Phi) is 11.9. The van der Waals surface area contributed by atoms with Crippen molar-refractivity contribution in [2.75, 3.05) is 6.61 Å². The zero-order chi connectivity index (χ0) is 41.3. The van der Waals surface area contributed by atoms with Crippen LogP contribution < -0.4 is 4.74 Å². The minimum Gasteiger partial charge on any atom is -0.518 e. The molecule has 0 saturated carbocycles. The zero-order valence-corrected chi connectivity index (χ0v) is 39.4. The Bertz CT molecular complexity index is 2540. The maximum Gasteiger partial charge on any atom is 2.00 e. The summed E-state index contributed by atoms with van der Waals surface area (Å²) >= 11 is 0. The van der Waals surface area contributed by atoms with E-state index in [0.717, 1.165) is 59.1 Å². The van der Waals surface area contributed by atoms with Gasteiger partial charge < -0.3 is 14.0 Å². The molecule has 310 valence electrons. The summed E-state index contributed by atoms with van der Waals surface area (Å²) < 4.78 is 15.8. The number of pyridine rings is 1. The molecule has 59 heavy (non-hydrogen) atoms. The van der Waals surface area contributed by atoms with Crippen molar-refractivity contribution in [1.29, 1.82) is 0 Å². The Morgan fingerprint density at radius 2 is 1.58 bits per heavy atom. The van der Waals surface area contributed by atoms with Crippen LogP contribution in [0, 0.1) is 25.0 Å². The molecule has 0 unspecified atom stereocenters. The van der Waals surface area contributed by atoms with E-state index in [4.69, 9.17) is 19.5 Å². The predicted octanol–water partition coefficient (Wildman–Crippen LogP) is 14.1. The molecule has 5 nitrogen and oxygen atoms in total. The first kappa shape index (κ1) is 42.9. The molecule has 0 fully saturated rings. The van der Waals surface area contributed by atoms with Gasteiger partial charge in [-0.05, 0) is 87.4 Å². The third-order valence-electron chi connectivity index (χ3n) is 12.7. The maximum atomic E-state index is 7.04. The third-order valence-corrected chi connectivity index (χ3v) is 12.7. The van der Waals surface area contributed by atoms with E-state index in [-0.39, 0.29) is 37.9 Å². The molecule has 4 heterocycles. The van der Waals surface area contributed by atoms with E-state index in [9.17, 15) is 0 Å². The number of benzene rings is 4. The largest absolute Gasteiger partial charge is 2.00 e. The summed E-state index contributed by atoms with van der Waals surface area (Å²) in [5.41, 5.74) is 13.5. The molecule has 0 amide bonds. The van der Waals surface area contributed by atoms with E-state index < -0.39 is 0 Å². The second-order valence-corrected chi connectivity index (χ2v) is 19.1. The van der Waals surface area contributed by atoms with E-state index >= 15 is 0 Å². The quantitative estimate of drug-likeness (QED) is 0.122. The van der Waals surface area contributed by atoms with Crippen LogP contribution in [0.3, 0.4) is 0 Å². The molecule has 2 aliphatic heterocycles. The number of fused-ring (bicyclic) bond motifs is 5. The molecule has 0 saturated heterocycles. The van der Waals surface area contributed by atoms with Gasteiger partial charge in [-0.25, -0.2) is 4.98 Å². The van der Waals surface area contributed by atoms with Gasteiger partial charge in [0, 0.05) is 28.5 Å². The van der Waals surface area contributed by atoms with Gasteiger partial charge in [-0.2, -0.15) is 6.07 Å². The Morgan fingerprint density at radius 1 is 0.881 bits per heavy atom. The van der Waals surface area contributed by atoms with Crippen molar-refractivity contribution >= 4 is 27.8 Å². The van der Waals surface area contributed by atoms with Crippen molar-refractivity contribution in [2.24, 2.45) is 10.9 Å². The average Bonchev–Trinajstić information content (AvgIpc) is 3.81. The van der Waals surface area contributed by atoms with Crippen LogP contribution in [0.1, 0.15) is 153 Å². The van der Waals surface area contributed by atoms with Crippen LogP contribution in [-0.2, 0) is 36.6 Å². The number of rotatable bonds is 11. The Labute approximate surface area is 367 Å². The standard InChI is InChI=1S/C53H61N3O2.Pt/c1-13-17-34(18-14-2)45-30-57-51(55-45)36-24-35(48-39(31(3)4)19-15-20-40(48)32(5)6)25-38(26-36)58-47-29-46-43(23-33(47)7)53(11,12)44-28-37(52(8,9)10)27-42-41-21-16-22-54-50(41)56(46)49(42)44;/h15-16,19-25,27-28,31-32,34,45H,13-14,17-18,30H2,1-12H3;/q-2;+2/t45-;/m0./s1. The SMILES string of the molecule is CCCC(CCC)[C@@H]1COC(c2[c-]c(Oc3[c-]c4c(cc3C)C(C)(C)c3cc(C(C)(C)C)cc5c6cccnc6n-4c35)cc(-c3c(C(C)C)cccc3C(C)C)c2)=N1.[Pt+2]. The molecule has 2 aromatic heterocycles. The topological polar surface area (TPSA) is 48.6 Å². The molecular formula is C53H61N3O2Pt. The zero-order valence-electron chi connectivity index (χ0n) is 37.2. The number of hydrogen-bond donors (Lipinski definition) is 0. The molecule has 4 aromatic carbocycles. The maximum absolute atomic E-state index is 7.04. The Hall–Kier alpha value is -4.21. The van der Waals surface area contributed by atoms with Gasteiger partial charge in [-0.3, -0.25) is 4.99 Å². The Balaban J connectivity index is 0.00000528. The molecule has 6 heteroatoms. The van der Waals surface area contributed by atoms with Gasteiger partial charge in [0.2, 0.25) is 0 Å². The van der Waals surface area contributed by atoms with Crippen molar-refractivity contribution in [1.82, 2.24) is 9.55 Å². The van der Waals surface area contributed by atoms with Crippen LogP contribution in [0.25, 0.3) is 38.8 Å². The summed E-state index contributed by atoms with van der Waals surface area (Å²) in [6.07, 6.45) is 6.50. The molecule has 0 spiro atoms. The number of nitrogens with zero attached hydrogens (tertiary/aromatic N) is 3. The van der Waals surface area contributed by atoms with E-state index in [1.54, 1.807) is 0 Å². The molecular weight excluding hydrogens is 906 g/mol. The second kappa shape index (κ2) is 16.3. The average molecular weight is 967 g/mol. The minimum absolute atomic E-state index is 0. The van der Waals surface area contributed by atoms with Crippen molar-refractivity contribution in [3.63, 3.8) is 0 Å². The van der Waals surface area contributed by atoms with Gasteiger partial charge in [-0.15, -0.1) is 23.3 Å². The summed E-state index contributed by atoms with van der Waals surface area (Å²) in [4.78, 5) is 10.3. The molecule has 0 radical (unpaired) electrons. The number of aliphatic imine (C=N–C) groups is 1. The van der Waals surface area contributed by atoms with Gasteiger partial charge in [0.1, 0.15) is 11.5 Å². The van der Waals surface area contributed by atoms with Crippen molar-refractivity contribution < 1.29 is 30.5 Å². The van der Waals surface area contributed by atoms with Crippen molar-refractivity contribution in [3.05, 3.63) is 118 Å². The first-order valence-electron chi connectivity index (χ1n) is 21.7. The molecule has 1 atom stereocenters. The number of aromatic nitrogens is 2. The fraction of sp³-hybridized carbons (Fsp3) is 0.434. The minimum atomic E-state index is -0.284. The monoisotopic (exact) mass is 966 g/mol. The summed E-state index contributed by atoms with van der Waals surface area (Å²) in [7, 11) is 0. The smallest absolute Gasteiger partial charge is 0.518 e. The summed E-state index contributed by atoms with van der Waals surface area (Å²) in [5.74, 6) is 3.14. The van der Waals surface area contributed by atoms with Crippen LogP contribution in [0.2, 0.25) is 0 Å². The number of aryl methyl sites for hydroxylation is 1. The first-order valence-corrected chi connectivity index (χ1v) is 21.7. The van der Waals surface area contributed by atoms with Crippen molar-refractivity contribution in [2.45, 2.75) is 137 Å². The van der Waals surface area contributed by atoms with Crippen LogP contribution >= 0.6 is 0 Å². The summed E-state index contributed by atoms with van der Waals surface area (Å²) in [6.45, 7) is 28.0. The number of ether oxygens (including phenoxy) is 2. The van der Waals surface area contributed by atoms with Crippen molar-refractivity contribution in [3.8, 4) is 28.3 Å². The molecule has 2 aliphatic rings. The van der Waals surface area contributed by atoms with E-state index in [1.807, 2.05) is 12.3 Å². The van der Waals surface area contributed by atoms with Gasteiger partial charge in [-0.1, -0.05) is 149 Å². The van der Waals surface area contributed by atoms with Gasteiger partial charge >= 0.3 is 21.1 Å². The molecule has 8 rings (SSSR count). The van der Waals surface area contributed by atoms with Gasteiger partial charge in [0.25, 0.3) is 0 Å². The van der Waals surface area contributed by atoms with E-state index in [1.165, 1.54) is 44.3 Å². The molecule has 0 N–H and O–H groups in total. The first-order chi connectivity index (χ1) is 27.6. The van der Waals surface area contributed by atoms with E-state index in [2.05, 4.69) is 154 Å². The normalized spacial score (nSPS) is 15.8. The molecule has 0 bridgehead atoms. The van der Waals surface area contributed by atoms with Crippen LogP contribution in [0.4, 0.5) is 0 Å². The van der Waals surface area contributed by atoms with Crippen LogP contribution in [0.5, 0.6) is 11.5 Å².